The molecule has 0 fully saturated rings. The van der Waals surface area contributed by atoms with Crippen molar-refractivity contribution in [3.05, 3.63) is 46.8 Å². The number of fused-ring (bicyclic) bond motifs is 1. The van der Waals surface area contributed by atoms with E-state index in [4.69, 9.17) is 17.0 Å². The standard InChI is InChI=1S/C15H13F2NO3S3/c1-9-7-10-8-11(4-5-12(10)18-14(22)21-9)15(16,17)24(19,20)13-3-2-6-23-13/h2-6,8-9H,7H2,1H3,(H,18,22). The Morgan fingerprint density at radius 2 is 2.12 bits per heavy atom. The van der Waals surface area contributed by atoms with E-state index in [0.717, 1.165) is 17.4 Å². The van der Waals surface area contributed by atoms with Crippen LogP contribution in [0.5, 0.6) is 0 Å². The summed E-state index contributed by atoms with van der Waals surface area (Å²) in [5, 5.41) is 0.398. The van der Waals surface area contributed by atoms with E-state index in [1.165, 1.54) is 29.6 Å². The molecule has 0 aliphatic carbocycles. The van der Waals surface area contributed by atoms with Gasteiger partial charge in [0, 0.05) is 17.7 Å². The molecule has 4 nitrogen and oxygen atoms in total. The van der Waals surface area contributed by atoms with E-state index < -0.39 is 20.7 Å². The van der Waals surface area contributed by atoms with Gasteiger partial charge in [-0.1, -0.05) is 6.07 Å². The first-order chi connectivity index (χ1) is 11.2. The molecule has 1 unspecified atom stereocenters. The molecule has 1 aliphatic rings. The third kappa shape index (κ3) is 2.91. The summed E-state index contributed by atoms with van der Waals surface area (Å²) < 4.78 is 58.9. The van der Waals surface area contributed by atoms with Crippen molar-refractivity contribution in [3.63, 3.8) is 0 Å². The molecule has 9 heteroatoms. The third-order valence-electron chi connectivity index (χ3n) is 3.59. The minimum atomic E-state index is -4.80. The second-order valence-corrected chi connectivity index (χ2v) is 8.91. The van der Waals surface area contributed by atoms with Gasteiger partial charge in [-0.3, -0.25) is 0 Å². The Morgan fingerprint density at radius 1 is 1.38 bits per heavy atom. The zero-order valence-corrected chi connectivity index (χ0v) is 14.9. The molecule has 128 valence electrons. The lowest BCUT2D eigenvalue weighted by Crippen LogP contribution is -2.26. The topological polar surface area (TPSA) is 55.4 Å². The van der Waals surface area contributed by atoms with Crippen LogP contribution in [0.15, 0.2) is 39.9 Å². The fourth-order valence-electron chi connectivity index (χ4n) is 2.44. The van der Waals surface area contributed by atoms with Crippen LogP contribution < -0.4 is 5.32 Å². The van der Waals surface area contributed by atoms with Gasteiger partial charge in [-0.25, -0.2) is 8.42 Å². The molecule has 0 radical (unpaired) electrons. The quantitative estimate of drug-likeness (QED) is 0.806. The molecule has 1 aromatic carbocycles. The Kier molecular flexibility index (Phi) is 4.35. The lowest BCUT2D eigenvalue weighted by atomic mass is 10.0. The van der Waals surface area contributed by atoms with E-state index in [1.54, 1.807) is 6.92 Å². The summed E-state index contributed by atoms with van der Waals surface area (Å²) in [4.78, 5) is 0. The maximum atomic E-state index is 14.7. The van der Waals surface area contributed by atoms with Gasteiger partial charge in [0.2, 0.25) is 0 Å². The molecule has 0 saturated carbocycles. The highest BCUT2D eigenvalue weighted by atomic mass is 32.2. The van der Waals surface area contributed by atoms with Crippen molar-refractivity contribution in [2.75, 3.05) is 5.32 Å². The van der Waals surface area contributed by atoms with Crippen molar-refractivity contribution in [1.29, 1.82) is 0 Å². The predicted octanol–water partition coefficient (Wildman–Crippen LogP) is 3.93. The van der Waals surface area contributed by atoms with Crippen LogP contribution in [0.3, 0.4) is 0 Å². The number of halogens is 2. The van der Waals surface area contributed by atoms with Crippen molar-refractivity contribution < 1.29 is 21.9 Å². The van der Waals surface area contributed by atoms with Gasteiger partial charge in [-0.15, -0.1) is 11.3 Å². The van der Waals surface area contributed by atoms with Gasteiger partial charge >= 0.3 is 5.25 Å². The van der Waals surface area contributed by atoms with Crippen LogP contribution in [0.25, 0.3) is 0 Å². The lowest BCUT2D eigenvalue weighted by Gasteiger charge is -2.18. The Morgan fingerprint density at radius 3 is 2.79 bits per heavy atom. The number of alkyl halides is 2. The molecule has 0 bridgehead atoms. The van der Waals surface area contributed by atoms with E-state index in [-0.39, 0.29) is 15.5 Å². The molecule has 1 N–H and O–H groups in total. The number of thiocarbonyl (C=S) groups is 1. The summed E-state index contributed by atoms with van der Waals surface area (Å²) in [6, 6.07) is 6.29. The molecule has 24 heavy (non-hydrogen) atoms. The number of hydrogen-bond donors (Lipinski definition) is 1. The van der Waals surface area contributed by atoms with Gasteiger partial charge in [-0.05, 0) is 54.4 Å². The van der Waals surface area contributed by atoms with Crippen molar-refractivity contribution in [3.8, 4) is 0 Å². The van der Waals surface area contributed by atoms with Gasteiger partial charge in [0.1, 0.15) is 10.3 Å². The number of sulfone groups is 1. The third-order valence-corrected chi connectivity index (χ3v) is 6.97. The van der Waals surface area contributed by atoms with Gasteiger partial charge < -0.3 is 10.1 Å². The van der Waals surface area contributed by atoms with Crippen LogP contribution in [0, 0.1) is 0 Å². The van der Waals surface area contributed by atoms with Crippen LogP contribution in [0.2, 0.25) is 0 Å². The van der Waals surface area contributed by atoms with Gasteiger partial charge in [-0.2, -0.15) is 8.78 Å². The van der Waals surface area contributed by atoms with E-state index >= 15 is 0 Å². The molecule has 1 aromatic heterocycles. The number of nitrogens with one attached hydrogen (secondary N) is 1. The molecule has 2 aromatic rings. The van der Waals surface area contributed by atoms with Crippen molar-refractivity contribution in [1.82, 2.24) is 0 Å². The fraction of sp³-hybridized carbons (Fsp3) is 0.267. The molecule has 0 saturated heterocycles. The largest absolute Gasteiger partial charge is 0.467 e. The van der Waals surface area contributed by atoms with Crippen LogP contribution in [0.4, 0.5) is 14.5 Å². The molecular formula is C15H13F2NO3S3. The highest BCUT2D eigenvalue weighted by Crippen LogP contribution is 2.41. The molecule has 2 heterocycles. The molecule has 0 amide bonds. The minimum Gasteiger partial charge on any atom is -0.467 e. The fourth-order valence-corrected chi connectivity index (χ4v) is 5.09. The SMILES string of the molecule is CC1Cc2cc(C(F)(F)S(=O)(=O)c3cccs3)ccc2NC(=S)O1. The Labute approximate surface area is 147 Å². The number of hydrogen-bond acceptors (Lipinski definition) is 5. The monoisotopic (exact) mass is 389 g/mol. The average molecular weight is 389 g/mol. The van der Waals surface area contributed by atoms with Crippen LogP contribution in [-0.4, -0.2) is 19.7 Å². The summed E-state index contributed by atoms with van der Waals surface area (Å²) in [6.45, 7) is 1.76. The minimum absolute atomic E-state index is 0.159. The second kappa shape index (κ2) is 6.05. The van der Waals surface area contributed by atoms with Crippen LogP contribution in [0.1, 0.15) is 18.1 Å². The average Bonchev–Trinajstić information content (AvgIpc) is 2.98. The Bertz CT molecular complexity index is 879. The van der Waals surface area contributed by atoms with Gasteiger partial charge in [0.15, 0.2) is 0 Å². The molecular weight excluding hydrogens is 376 g/mol. The summed E-state index contributed by atoms with van der Waals surface area (Å²) >= 11 is 5.76. The second-order valence-electron chi connectivity index (χ2n) is 5.37. The van der Waals surface area contributed by atoms with E-state index in [0.29, 0.717) is 17.7 Å². The van der Waals surface area contributed by atoms with Gasteiger partial charge in [0.25, 0.3) is 15.0 Å². The van der Waals surface area contributed by atoms with Crippen molar-refractivity contribution >= 4 is 44.3 Å². The predicted molar refractivity (Wildman–Crippen MR) is 92.3 cm³/mol. The van der Waals surface area contributed by atoms with Crippen molar-refractivity contribution in [2.24, 2.45) is 0 Å². The summed E-state index contributed by atoms with van der Waals surface area (Å²) in [5.41, 5.74) is 0.495. The highest BCUT2D eigenvalue weighted by Gasteiger charge is 2.48. The zero-order chi connectivity index (χ0) is 17.5. The van der Waals surface area contributed by atoms with Crippen LogP contribution >= 0.6 is 23.6 Å². The maximum Gasteiger partial charge on any atom is 0.375 e. The number of thiophene rings is 1. The highest BCUT2D eigenvalue weighted by molar-refractivity contribution is 7.94. The molecule has 1 aliphatic heterocycles. The lowest BCUT2D eigenvalue weighted by molar-refractivity contribution is 0.0907. The van der Waals surface area contributed by atoms with Crippen molar-refractivity contribution in [2.45, 2.75) is 28.9 Å². The molecule has 3 rings (SSSR count). The number of rotatable bonds is 3. The van der Waals surface area contributed by atoms with E-state index in [2.05, 4.69) is 5.32 Å². The normalized spacial score (nSPS) is 18.3. The maximum absolute atomic E-state index is 14.7. The first-order valence-corrected chi connectivity index (χ1v) is 9.76. The summed E-state index contributed by atoms with van der Waals surface area (Å²) in [5.74, 6) is 0. The number of benzene rings is 1. The molecule has 1 atom stereocenters. The van der Waals surface area contributed by atoms with E-state index in [9.17, 15) is 17.2 Å². The Hall–Kier alpha value is -1.58. The first kappa shape index (κ1) is 17.2. The Balaban J connectivity index is 2.05. The number of anilines is 1. The summed E-state index contributed by atoms with van der Waals surface area (Å²) in [7, 11) is -4.80. The van der Waals surface area contributed by atoms with E-state index in [1.807, 2.05) is 0 Å². The summed E-state index contributed by atoms with van der Waals surface area (Å²) in [6.07, 6.45) is 0.0369. The van der Waals surface area contributed by atoms with Crippen LogP contribution in [-0.2, 0) is 26.2 Å². The smallest absolute Gasteiger partial charge is 0.375 e. The zero-order valence-electron chi connectivity index (χ0n) is 12.5. The van der Waals surface area contributed by atoms with Gasteiger partial charge in [0.05, 0.1) is 0 Å². The number of ether oxygens (including phenoxy) is 1. The first-order valence-electron chi connectivity index (χ1n) is 6.99. The molecule has 0 spiro atoms.